The Kier molecular flexibility index (Phi) is 9.04. The first kappa shape index (κ1) is 33.5. The molecule has 50 heavy (non-hydrogen) atoms. The molecule has 10 nitrogen and oxygen atoms in total. The van der Waals surface area contributed by atoms with E-state index in [-0.39, 0.29) is 0 Å². The quantitative estimate of drug-likeness (QED) is 0.0940. The first-order valence-corrected chi connectivity index (χ1v) is 21.7. The van der Waals surface area contributed by atoms with Crippen molar-refractivity contribution in [2.24, 2.45) is 0 Å². The van der Waals surface area contributed by atoms with Gasteiger partial charge in [0.05, 0.1) is 49.2 Å². The molecule has 8 rings (SSSR count). The minimum atomic E-state index is -1.77. The molecule has 5 aromatic rings. The van der Waals surface area contributed by atoms with Gasteiger partial charge in [-0.2, -0.15) is 9.97 Å². The standard InChI is InChI=1S/C38H49N9OPS/c1-24-22-32(34(48-3)23-33(24)47-16-13-26(14-17-47)46-20-18-45(2)19-21-46)42-38-43-36-28(12-15-39-36)37(44-38)41-31-11-10-30-27(35(31)49(4,5)50)8-9-29(40-30)25-6-7-25/h8-12,15,22-23,25-26,50H,6-7,13-14,16-21H2,1-5H3,(H3,39,41,42,43,44)/q+1. The van der Waals surface area contributed by atoms with Gasteiger partial charge in [-0.15, -0.1) is 0 Å². The molecule has 1 aliphatic carbocycles. The Hall–Kier alpha value is -3.63. The number of likely N-dealkylation sites (N-methyl/N-ethyl adjacent to an activating group) is 1. The second-order valence-corrected chi connectivity index (χ2v) is 21.0. The normalized spacial score (nSPS) is 18.2. The van der Waals surface area contributed by atoms with Gasteiger partial charge in [-0.3, -0.25) is 9.88 Å². The second kappa shape index (κ2) is 13.5. The number of methoxy groups -OCH3 is 1. The van der Waals surface area contributed by atoms with Gasteiger partial charge in [-0.05, 0) is 81.6 Å². The van der Waals surface area contributed by atoms with E-state index in [1.807, 2.05) is 12.3 Å². The van der Waals surface area contributed by atoms with Gasteiger partial charge in [0, 0.05) is 92.5 Å². The third-order valence-corrected chi connectivity index (χ3v) is 12.9. The molecule has 5 heterocycles. The van der Waals surface area contributed by atoms with Crippen molar-refractivity contribution < 1.29 is 4.74 Å². The van der Waals surface area contributed by atoms with Crippen LogP contribution in [0.1, 0.15) is 42.9 Å². The Morgan fingerprint density at radius 1 is 0.860 bits per heavy atom. The highest BCUT2D eigenvalue weighted by molar-refractivity contribution is 8.55. The zero-order chi connectivity index (χ0) is 34.6. The molecule has 0 radical (unpaired) electrons. The second-order valence-electron chi connectivity index (χ2n) is 14.7. The van der Waals surface area contributed by atoms with Crippen LogP contribution in [-0.2, 0) is 0 Å². The lowest BCUT2D eigenvalue weighted by atomic mass is 10.0. The molecule has 12 heteroatoms. The number of fused-ring (bicyclic) bond motifs is 2. The molecule has 2 aliphatic heterocycles. The van der Waals surface area contributed by atoms with Crippen LogP contribution >= 0.6 is 18.7 Å². The summed E-state index contributed by atoms with van der Waals surface area (Å²) in [6.45, 7) is 11.7. The lowest BCUT2D eigenvalue weighted by Gasteiger charge is -2.43. The number of aryl methyl sites for hydroxylation is 1. The number of hydrogen-bond acceptors (Lipinski definition) is 10. The Labute approximate surface area is 300 Å². The van der Waals surface area contributed by atoms with Crippen LogP contribution in [-0.4, -0.2) is 103 Å². The van der Waals surface area contributed by atoms with Gasteiger partial charge in [0.1, 0.15) is 22.5 Å². The van der Waals surface area contributed by atoms with Gasteiger partial charge in [0.2, 0.25) is 5.95 Å². The van der Waals surface area contributed by atoms with Crippen molar-refractivity contribution in [3.8, 4) is 5.75 Å². The van der Waals surface area contributed by atoms with Crippen LogP contribution in [0.15, 0.2) is 48.7 Å². The maximum Gasteiger partial charge on any atom is 0.231 e. The first-order valence-electron chi connectivity index (χ1n) is 17.9. The van der Waals surface area contributed by atoms with E-state index in [0.29, 0.717) is 17.9 Å². The number of piperidine rings is 1. The number of anilines is 5. The number of pyridine rings is 1. The van der Waals surface area contributed by atoms with Crippen molar-refractivity contribution in [2.75, 3.05) is 82.3 Å². The lowest BCUT2D eigenvalue weighted by molar-refractivity contribution is 0.0982. The monoisotopic (exact) mass is 710 g/mol. The van der Waals surface area contributed by atoms with Crippen molar-refractivity contribution in [3.63, 3.8) is 0 Å². The molecule has 3 fully saturated rings. The van der Waals surface area contributed by atoms with Crippen LogP contribution in [0.4, 0.5) is 28.8 Å². The number of ether oxygens (including phenoxy) is 1. The van der Waals surface area contributed by atoms with E-state index >= 15 is 0 Å². The highest BCUT2D eigenvalue weighted by Crippen LogP contribution is 2.58. The molecule has 0 unspecified atom stereocenters. The summed E-state index contributed by atoms with van der Waals surface area (Å²) >= 11 is 5.16. The van der Waals surface area contributed by atoms with Gasteiger partial charge in [0.15, 0.2) is 0 Å². The van der Waals surface area contributed by atoms with E-state index < -0.39 is 6.46 Å². The number of aromatic amines is 1. The molecule has 2 aromatic carbocycles. The summed E-state index contributed by atoms with van der Waals surface area (Å²) in [5, 5.41) is 10.5. The molecule has 0 spiro atoms. The van der Waals surface area contributed by atoms with Crippen molar-refractivity contribution in [1.82, 2.24) is 29.7 Å². The zero-order valence-corrected chi connectivity index (χ0v) is 31.6. The molecular weight excluding hydrogens is 662 g/mol. The van der Waals surface area contributed by atoms with Crippen molar-refractivity contribution in [1.29, 1.82) is 0 Å². The van der Waals surface area contributed by atoms with Crippen LogP contribution in [0.25, 0.3) is 21.9 Å². The largest absolute Gasteiger partial charge is 0.494 e. The van der Waals surface area contributed by atoms with Crippen molar-refractivity contribution in [3.05, 3.63) is 59.9 Å². The smallest absolute Gasteiger partial charge is 0.231 e. The van der Waals surface area contributed by atoms with Gasteiger partial charge < -0.3 is 30.2 Å². The van der Waals surface area contributed by atoms with Crippen molar-refractivity contribution in [2.45, 2.75) is 44.6 Å². The third-order valence-electron chi connectivity index (χ3n) is 10.7. The minimum Gasteiger partial charge on any atom is -0.494 e. The number of nitrogens with one attached hydrogen (secondary N) is 3. The van der Waals surface area contributed by atoms with Crippen LogP contribution in [0, 0.1) is 6.92 Å². The number of benzene rings is 2. The van der Waals surface area contributed by atoms with Crippen LogP contribution < -0.4 is 25.6 Å². The third kappa shape index (κ3) is 6.73. The topological polar surface area (TPSA) is 97.5 Å². The maximum absolute atomic E-state index is 5.96. The number of piperazine rings is 1. The minimum absolute atomic E-state index is 0.485. The fourth-order valence-corrected chi connectivity index (χ4v) is 9.93. The average Bonchev–Trinajstić information content (AvgIpc) is 3.85. The van der Waals surface area contributed by atoms with Gasteiger partial charge in [0.25, 0.3) is 0 Å². The van der Waals surface area contributed by atoms with Crippen LogP contribution in [0.5, 0.6) is 5.75 Å². The molecule has 2 saturated heterocycles. The fraction of sp³-hybridized carbons (Fsp3) is 0.447. The SMILES string of the molecule is COc1cc(N2CCC(N3CCN(C)CC3)CC2)c(C)cc1Nc1nc(Nc2ccc3nc(C4CC4)ccc3c2[P+](C)(C)S)c2cc[nH]c2n1. The number of H-pyrrole nitrogens is 1. The average molecular weight is 711 g/mol. The summed E-state index contributed by atoms with van der Waals surface area (Å²) in [6, 6.07) is 15.7. The Morgan fingerprint density at radius 3 is 2.36 bits per heavy atom. The summed E-state index contributed by atoms with van der Waals surface area (Å²) in [5.74, 6) is 2.59. The number of rotatable bonds is 9. The summed E-state index contributed by atoms with van der Waals surface area (Å²) < 4.78 is 5.96. The van der Waals surface area contributed by atoms with E-state index in [1.165, 1.54) is 74.1 Å². The molecule has 0 bridgehead atoms. The molecule has 0 amide bonds. The fourth-order valence-electron chi connectivity index (χ4n) is 7.79. The number of aromatic nitrogens is 4. The Morgan fingerprint density at radius 2 is 1.64 bits per heavy atom. The number of thiol groups is 1. The van der Waals surface area contributed by atoms with E-state index in [2.05, 4.69) is 94.0 Å². The lowest BCUT2D eigenvalue weighted by Crippen LogP contribution is -2.52. The Balaban J connectivity index is 1.06. The highest BCUT2D eigenvalue weighted by Gasteiger charge is 2.33. The molecule has 3 aromatic heterocycles. The van der Waals surface area contributed by atoms with E-state index in [1.54, 1.807) is 7.11 Å². The van der Waals surface area contributed by atoms with Gasteiger partial charge in [-0.25, -0.2) is 0 Å². The first-order chi connectivity index (χ1) is 24.1. The molecule has 3 aliphatic rings. The number of hydrogen-bond donors (Lipinski definition) is 4. The summed E-state index contributed by atoms with van der Waals surface area (Å²) in [6.07, 6.45) is 6.75. The Bertz CT molecular complexity index is 2030. The van der Waals surface area contributed by atoms with Crippen molar-refractivity contribution >= 4 is 74.8 Å². The molecule has 1 saturated carbocycles. The van der Waals surface area contributed by atoms with Crippen LogP contribution in [0.3, 0.4) is 0 Å². The van der Waals surface area contributed by atoms with Gasteiger partial charge >= 0.3 is 0 Å². The van der Waals surface area contributed by atoms with Crippen LogP contribution in [0.2, 0.25) is 0 Å². The molecule has 0 atom stereocenters. The number of nitrogens with zero attached hydrogens (tertiary/aromatic N) is 6. The predicted octanol–water partition coefficient (Wildman–Crippen LogP) is 7.15. The highest BCUT2D eigenvalue weighted by atomic mass is 32.7. The summed E-state index contributed by atoms with van der Waals surface area (Å²) in [7, 11) is 3.96. The van der Waals surface area contributed by atoms with Gasteiger partial charge in [-0.1, -0.05) is 0 Å². The molecule has 262 valence electrons. The summed E-state index contributed by atoms with van der Waals surface area (Å²) in [5.41, 5.74) is 7.23. The van der Waals surface area contributed by atoms with E-state index in [4.69, 9.17) is 31.9 Å². The van der Waals surface area contributed by atoms with E-state index in [0.717, 1.165) is 58.0 Å². The maximum atomic E-state index is 5.96. The molecule has 3 N–H and O–H groups in total. The summed E-state index contributed by atoms with van der Waals surface area (Å²) in [4.78, 5) is 25.9. The predicted molar refractivity (Wildman–Crippen MR) is 214 cm³/mol. The molecular formula is C38H49N9OPS+. The zero-order valence-electron chi connectivity index (χ0n) is 29.8. The van der Waals surface area contributed by atoms with E-state index in [9.17, 15) is 0 Å².